The molecule has 2 N–H and O–H groups in total. The van der Waals surface area contributed by atoms with Gasteiger partial charge in [0.1, 0.15) is 11.6 Å². The van der Waals surface area contributed by atoms with Crippen LogP contribution in [0.15, 0.2) is 0 Å². The molecule has 1 aliphatic heterocycles. The van der Waals surface area contributed by atoms with E-state index in [1.54, 1.807) is 20.8 Å². The molecule has 1 aliphatic rings. The number of carbonyl (C=O) groups excluding carboxylic acids is 2. The van der Waals surface area contributed by atoms with E-state index in [0.717, 1.165) is 4.90 Å². The van der Waals surface area contributed by atoms with E-state index in [9.17, 15) is 19.5 Å². The molecule has 1 fully saturated rings. The molecule has 1 saturated heterocycles. The van der Waals surface area contributed by atoms with Crippen molar-refractivity contribution in [3.8, 4) is 0 Å². The minimum Gasteiger partial charge on any atom is -0.475 e. The van der Waals surface area contributed by atoms with Gasteiger partial charge >= 0.3 is 12.1 Å². The molecule has 0 radical (unpaired) electrons. The highest BCUT2D eigenvalue weighted by molar-refractivity contribution is 6.35. The van der Waals surface area contributed by atoms with Crippen molar-refractivity contribution in [1.29, 1.82) is 0 Å². The van der Waals surface area contributed by atoms with Crippen molar-refractivity contribution in [1.82, 2.24) is 4.90 Å². The Kier molecular flexibility index (Phi) is 3.95. The minimum atomic E-state index is -1.62. The second-order valence-electron chi connectivity index (χ2n) is 5.21. The molecule has 0 saturated carbocycles. The number of Topliss-reactive ketones (excluding diaryl/α,β-unsaturated/α-hetero) is 1. The zero-order chi connectivity index (χ0) is 14.1. The summed E-state index contributed by atoms with van der Waals surface area (Å²) in [6.07, 6.45) is -1.78. The fourth-order valence-corrected chi connectivity index (χ4v) is 1.73. The largest absolute Gasteiger partial charge is 0.475 e. The van der Waals surface area contributed by atoms with Crippen LogP contribution in [0, 0.1) is 0 Å². The number of ether oxygens (including phenoxy) is 1. The molecule has 18 heavy (non-hydrogen) atoms. The number of carboxylic acid groups (broad SMARTS) is 1. The Balaban J connectivity index is 2.82. The quantitative estimate of drug-likeness (QED) is 0.677. The number of β-amino-alcohol motifs (C(OH)–C–C–N with tert-alkyl or cyclic N) is 1. The van der Waals surface area contributed by atoms with Gasteiger partial charge in [-0.05, 0) is 20.8 Å². The number of carbonyl (C=O) groups is 3. The van der Waals surface area contributed by atoms with Crippen LogP contribution in [0.2, 0.25) is 0 Å². The molecular weight excluding hydrogens is 242 g/mol. The highest BCUT2D eigenvalue weighted by Gasteiger charge is 2.42. The molecule has 0 spiro atoms. The number of aliphatic hydroxyl groups excluding tert-OH is 1. The Labute approximate surface area is 104 Å². The maximum Gasteiger partial charge on any atom is 0.411 e. The Morgan fingerprint density at radius 3 is 2.28 bits per heavy atom. The Morgan fingerprint density at radius 1 is 1.28 bits per heavy atom. The molecule has 1 heterocycles. The summed E-state index contributed by atoms with van der Waals surface area (Å²) in [6.45, 7) is 4.88. The van der Waals surface area contributed by atoms with Gasteiger partial charge in [0.2, 0.25) is 0 Å². The van der Waals surface area contributed by atoms with Gasteiger partial charge < -0.3 is 14.9 Å². The van der Waals surface area contributed by atoms with Gasteiger partial charge in [-0.2, -0.15) is 0 Å². The van der Waals surface area contributed by atoms with E-state index in [-0.39, 0.29) is 13.0 Å². The summed E-state index contributed by atoms with van der Waals surface area (Å²) in [6, 6.07) is -1.16. The molecule has 1 rings (SSSR count). The van der Waals surface area contributed by atoms with Crippen molar-refractivity contribution < 1.29 is 29.3 Å². The molecule has 0 aromatic carbocycles. The summed E-state index contributed by atoms with van der Waals surface area (Å²) < 4.78 is 5.06. The van der Waals surface area contributed by atoms with Crippen LogP contribution in [0.25, 0.3) is 0 Å². The highest BCUT2D eigenvalue weighted by Crippen LogP contribution is 2.22. The lowest BCUT2D eigenvalue weighted by Crippen LogP contribution is -2.45. The average molecular weight is 259 g/mol. The molecule has 0 unspecified atom stereocenters. The van der Waals surface area contributed by atoms with E-state index in [0.29, 0.717) is 0 Å². The number of hydrogen-bond acceptors (Lipinski definition) is 5. The van der Waals surface area contributed by atoms with Gasteiger partial charge in [0.25, 0.3) is 5.78 Å². The van der Waals surface area contributed by atoms with Gasteiger partial charge in [-0.15, -0.1) is 0 Å². The highest BCUT2D eigenvalue weighted by atomic mass is 16.6. The van der Waals surface area contributed by atoms with Gasteiger partial charge in [-0.3, -0.25) is 9.69 Å². The molecule has 2 atom stereocenters. The molecule has 102 valence electrons. The van der Waals surface area contributed by atoms with Crippen LogP contribution in [0.1, 0.15) is 27.2 Å². The topological polar surface area (TPSA) is 104 Å². The van der Waals surface area contributed by atoms with Crippen LogP contribution in [-0.4, -0.2) is 57.3 Å². The van der Waals surface area contributed by atoms with Crippen LogP contribution in [0.4, 0.5) is 4.79 Å². The van der Waals surface area contributed by atoms with Crippen molar-refractivity contribution in [2.24, 2.45) is 0 Å². The van der Waals surface area contributed by atoms with E-state index in [1.165, 1.54) is 0 Å². The Hall–Kier alpha value is -1.63. The van der Waals surface area contributed by atoms with Crippen molar-refractivity contribution >= 4 is 17.8 Å². The van der Waals surface area contributed by atoms with Crippen molar-refractivity contribution in [2.75, 3.05) is 6.54 Å². The third-order valence-electron chi connectivity index (χ3n) is 2.42. The van der Waals surface area contributed by atoms with Gasteiger partial charge in [0.15, 0.2) is 0 Å². The number of aliphatic hydroxyl groups is 1. The molecule has 0 aromatic rings. The number of ketones is 1. The number of hydrogen-bond donors (Lipinski definition) is 2. The summed E-state index contributed by atoms with van der Waals surface area (Å²) in [4.78, 5) is 34.8. The number of likely N-dealkylation sites (tertiary alicyclic amines) is 1. The second kappa shape index (κ2) is 4.93. The van der Waals surface area contributed by atoms with Crippen LogP contribution < -0.4 is 0 Å². The van der Waals surface area contributed by atoms with Crippen LogP contribution in [-0.2, 0) is 14.3 Å². The first-order valence-corrected chi connectivity index (χ1v) is 5.56. The van der Waals surface area contributed by atoms with Crippen molar-refractivity contribution in [2.45, 2.75) is 44.9 Å². The minimum absolute atomic E-state index is 0.0790. The standard InChI is InChI=1S/C11H17NO6/c1-11(2,3)18-10(17)12-5-6(13)4-7(12)8(14)9(15)16/h6-7,13H,4-5H2,1-3H3,(H,15,16)/t6-,7+/m1/s1. The lowest BCUT2D eigenvalue weighted by molar-refractivity contribution is -0.151. The number of nitrogens with zero attached hydrogens (tertiary/aromatic N) is 1. The van der Waals surface area contributed by atoms with E-state index in [4.69, 9.17) is 9.84 Å². The fraction of sp³-hybridized carbons (Fsp3) is 0.727. The predicted molar refractivity (Wildman–Crippen MR) is 60.0 cm³/mol. The first kappa shape index (κ1) is 14.4. The smallest absolute Gasteiger partial charge is 0.411 e. The fourth-order valence-electron chi connectivity index (χ4n) is 1.73. The molecule has 7 heteroatoms. The van der Waals surface area contributed by atoms with E-state index < -0.39 is 35.6 Å². The summed E-state index contributed by atoms with van der Waals surface area (Å²) in [5, 5.41) is 18.1. The third-order valence-corrected chi connectivity index (χ3v) is 2.42. The van der Waals surface area contributed by atoms with Crippen molar-refractivity contribution in [3.63, 3.8) is 0 Å². The van der Waals surface area contributed by atoms with E-state index >= 15 is 0 Å². The van der Waals surface area contributed by atoms with E-state index in [2.05, 4.69) is 0 Å². The second-order valence-corrected chi connectivity index (χ2v) is 5.21. The summed E-state index contributed by atoms with van der Waals surface area (Å²) in [5.74, 6) is -2.74. The maximum absolute atomic E-state index is 11.8. The van der Waals surface area contributed by atoms with Crippen molar-refractivity contribution in [3.05, 3.63) is 0 Å². The molecule has 0 bridgehead atoms. The maximum atomic E-state index is 11.8. The lowest BCUT2D eigenvalue weighted by Gasteiger charge is -2.27. The molecule has 0 aliphatic carbocycles. The number of carboxylic acids is 1. The Morgan fingerprint density at radius 2 is 1.83 bits per heavy atom. The monoisotopic (exact) mass is 259 g/mol. The van der Waals surface area contributed by atoms with E-state index in [1.807, 2.05) is 0 Å². The number of amides is 1. The third kappa shape index (κ3) is 3.43. The lowest BCUT2D eigenvalue weighted by atomic mass is 10.1. The molecular formula is C11H17NO6. The zero-order valence-electron chi connectivity index (χ0n) is 10.5. The van der Waals surface area contributed by atoms with Crippen LogP contribution in [0.5, 0.6) is 0 Å². The average Bonchev–Trinajstić information content (AvgIpc) is 2.56. The molecule has 0 aromatic heterocycles. The first-order chi connectivity index (χ1) is 8.11. The summed E-state index contributed by atoms with van der Waals surface area (Å²) in [5.41, 5.74) is -0.749. The first-order valence-electron chi connectivity index (χ1n) is 5.56. The van der Waals surface area contributed by atoms with Crippen LogP contribution >= 0.6 is 0 Å². The predicted octanol–water partition coefficient (Wildman–Crippen LogP) is 0.0104. The van der Waals surface area contributed by atoms with Crippen LogP contribution in [0.3, 0.4) is 0 Å². The summed E-state index contributed by atoms with van der Waals surface area (Å²) in [7, 11) is 0. The summed E-state index contributed by atoms with van der Waals surface area (Å²) >= 11 is 0. The zero-order valence-corrected chi connectivity index (χ0v) is 10.5. The molecule has 1 amide bonds. The van der Waals surface area contributed by atoms with Gasteiger partial charge in [-0.1, -0.05) is 0 Å². The van der Waals surface area contributed by atoms with Gasteiger partial charge in [0.05, 0.1) is 12.6 Å². The number of rotatable bonds is 2. The van der Waals surface area contributed by atoms with Gasteiger partial charge in [-0.25, -0.2) is 9.59 Å². The number of aliphatic carboxylic acids is 1. The normalized spacial score (nSPS) is 23.9. The SMILES string of the molecule is CC(C)(C)OC(=O)N1C[C@H](O)C[C@H]1C(=O)C(=O)O. The Bertz CT molecular complexity index is 372. The molecule has 7 nitrogen and oxygen atoms in total. The van der Waals surface area contributed by atoms with Gasteiger partial charge in [0, 0.05) is 6.42 Å².